The molecule has 6 nitrogen and oxygen atoms in total. The van der Waals surface area contributed by atoms with Crippen LogP contribution in [0.2, 0.25) is 0 Å². The molecule has 3 aromatic carbocycles. The van der Waals surface area contributed by atoms with Crippen LogP contribution in [0.15, 0.2) is 94.5 Å². The number of nitrogens with one attached hydrogen (secondary N) is 3. The predicted octanol–water partition coefficient (Wildman–Crippen LogP) is 6.88. The van der Waals surface area contributed by atoms with Crippen molar-refractivity contribution in [1.29, 1.82) is 0 Å². The van der Waals surface area contributed by atoms with Crippen LogP contribution in [0.5, 0.6) is 0 Å². The van der Waals surface area contributed by atoms with Gasteiger partial charge in [-0.1, -0.05) is 30.3 Å². The molecule has 4 aromatic rings. The summed E-state index contributed by atoms with van der Waals surface area (Å²) in [4.78, 5) is 12.5. The maximum atomic E-state index is 13.0. The van der Waals surface area contributed by atoms with Crippen molar-refractivity contribution in [2.45, 2.75) is 11.1 Å². The number of rotatable bonds is 6. The molecule has 0 aliphatic heterocycles. The molecule has 2 amide bonds. The zero-order chi connectivity index (χ0) is 25.1. The minimum Gasteiger partial charge on any atom is -0.308 e. The molecule has 1 aromatic heterocycles. The van der Waals surface area contributed by atoms with Gasteiger partial charge in [0.2, 0.25) is 0 Å². The van der Waals surface area contributed by atoms with Gasteiger partial charge in [-0.25, -0.2) is 13.2 Å². The molecule has 0 radical (unpaired) electrons. The molecule has 0 aliphatic carbocycles. The third-order valence-corrected chi connectivity index (χ3v) is 6.92. The van der Waals surface area contributed by atoms with Crippen molar-refractivity contribution in [3.8, 4) is 11.1 Å². The lowest BCUT2D eigenvalue weighted by atomic mass is 10.1. The van der Waals surface area contributed by atoms with Crippen LogP contribution >= 0.6 is 11.3 Å². The molecule has 11 heteroatoms. The highest BCUT2D eigenvalue weighted by atomic mass is 32.2. The lowest BCUT2D eigenvalue weighted by molar-refractivity contribution is -0.137. The first-order valence-electron chi connectivity index (χ1n) is 10.1. The summed E-state index contributed by atoms with van der Waals surface area (Å²) in [7, 11) is -3.98. The minimum absolute atomic E-state index is 0.0658. The summed E-state index contributed by atoms with van der Waals surface area (Å²) in [5.41, 5.74) is 0.849. The van der Waals surface area contributed by atoms with E-state index in [1.807, 2.05) is 10.8 Å². The van der Waals surface area contributed by atoms with Crippen LogP contribution in [-0.2, 0) is 16.2 Å². The van der Waals surface area contributed by atoms with E-state index >= 15 is 0 Å². The summed E-state index contributed by atoms with van der Waals surface area (Å²) in [6.45, 7) is 0. The van der Waals surface area contributed by atoms with Gasteiger partial charge in [0, 0.05) is 16.9 Å². The van der Waals surface area contributed by atoms with Crippen molar-refractivity contribution in [1.82, 2.24) is 0 Å². The SMILES string of the molecule is O=C(Nc1cccc(C(F)(F)F)c1)Nc1cc(S(=O)(=O)Nc2ccccc2)ccc1-c1ccsc1. The van der Waals surface area contributed by atoms with Crippen LogP contribution in [0.25, 0.3) is 11.1 Å². The number of hydrogen-bond donors (Lipinski definition) is 3. The Balaban J connectivity index is 1.63. The Hall–Kier alpha value is -3.83. The highest BCUT2D eigenvalue weighted by Crippen LogP contribution is 2.33. The summed E-state index contributed by atoms with van der Waals surface area (Å²) >= 11 is 1.41. The molecule has 35 heavy (non-hydrogen) atoms. The number of carbonyl (C=O) groups is 1. The van der Waals surface area contributed by atoms with E-state index in [9.17, 15) is 26.4 Å². The second-order valence-electron chi connectivity index (χ2n) is 7.35. The van der Waals surface area contributed by atoms with E-state index in [0.29, 0.717) is 11.3 Å². The van der Waals surface area contributed by atoms with Gasteiger partial charge in [0.05, 0.1) is 16.1 Å². The Morgan fingerprint density at radius 2 is 1.57 bits per heavy atom. The topological polar surface area (TPSA) is 87.3 Å². The molecule has 0 saturated carbocycles. The van der Waals surface area contributed by atoms with E-state index in [1.54, 1.807) is 42.5 Å². The first kappa shape index (κ1) is 24.3. The number of hydrogen-bond acceptors (Lipinski definition) is 4. The van der Waals surface area contributed by atoms with Crippen molar-refractivity contribution in [2.24, 2.45) is 0 Å². The Morgan fingerprint density at radius 3 is 2.26 bits per heavy atom. The van der Waals surface area contributed by atoms with Gasteiger partial charge in [0.1, 0.15) is 0 Å². The fourth-order valence-corrected chi connectivity index (χ4v) is 4.98. The van der Waals surface area contributed by atoms with E-state index in [1.165, 1.54) is 35.6 Å². The van der Waals surface area contributed by atoms with Gasteiger partial charge in [0.15, 0.2) is 0 Å². The molecule has 0 bridgehead atoms. The Bertz CT molecular complexity index is 1440. The number of thiophene rings is 1. The average Bonchev–Trinajstić information content (AvgIpc) is 3.34. The van der Waals surface area contributed by atoms with E-state index in [2.05, 4.69) is 15.4 Å². The summed E-state index contributed by atoms with van der Waals surface area (Å²) in [5, 5.41) is 8.57. The Kier molecular flexibility index (Phi) is 6.81. The summed E-state index contributed by atoms with van der Waals surface area (Å²) in [5.74, 6) is 0. The predicted molar refractivity (Wildman–Crippen MR) is 131 cm³/mol. The van der Waals surface area contributed by atoms with E-state index in [-0.39, 0.29) is 16.3 Å². The first-order chi connectivity index (χ1) is 16.6. The molecule has 180 valence electrons. The highest BCUT2D eigenvalue weighted by molar-refractivity contribution is 7.92. The molecule has 0 fully saturated rings. The summed E-state index contributed by atoms with van der Waals surface area (Å²) < 4.78 is 67.3. The minimum atomic E-state index is -4.56. The molecular weight excluding hydrogens is 499 g/mol. The monoisotopic (exact) mass is 517 g/mol. The largest absolute Gasteiger partial charge is 0.416 e. The average molecular weight is 518 g/mol. The van der Waals surface area contributed by atoms with Crippen molar-refractivity contribution in [3.05, 3.63) is 95.2 Å². The zero-order valence-electron chi connectivity index (χ0n) is 17.8. The van der Waals surface area contributed by atoms with Gasteiger partial charge in [0.25, 0.3) is 10.0 Å². The lowest BCUT2D eigenvalue weighted by Crippen LogP contribution is -2.21. The zero-order valence-corrected chi connectivity index (χ0v) is 19.5. The van der Waals surface area contributed by atoms with Gasteiger partial charge < -0.3 is 10.6 Å². The summed E-state index contributed by atoms with van der Waals surface area (Å²) in [6, 6.07) is 17.7. The van der Waals surface area contributed by atoms with Crippen LogP contribution < -0.4 is 15.4 Å². The summed E-state index contributed by atoms with van der Waals surface area (Å²) in [6.07, 6.45) is -4.56. The molecule has 1 heterocycles. The van der Waals surface area contributed by atoms with Crippen LogP contribution in [-0.4, -0.2) is 14.4 Å². The maximum Gasteiger partial charge on any atom is 0.416 e. The number of alkyl halides is 3. The second kappa shape index (κ2) is 9.80. The molecule has 3 N–H and O–H groups in total. The number of amides is 2. The first-order valence-corrected chi connectivity index (χ1v) is 12.5. The number of halogens is 3. The molecule has 0 spiro atoms. The van der Waals surface area contributed by atoms with Crippen molar-refractivity contribution >= 4 is 44.5 Å². The van der Waals surface area contributed by atoms with Crippen molar-refractivity contribution in [2.75, 3.05) is 15.4 Å². The molecule has 0 atom stereocenters. The third kappa shape index (κ3) is 6.00. The molecule has 0 unspecified atom stereocenters. The van der Waals surface area contributed by atoms with Crippen LogP contribution in [0.4, 0.5) is 35.0 Å². The van der Waals surface area contributed by atoms with Crippen molar-refractivity contribution < 1.29 is 26.4 Å². The standard InChI is InChI=1S/C24H18F3N3O3S2/c25-24(26,27)17-5-4-8-19(13-17)28-23(31)29-22-14-20(9-10-21(22)16-11-12-34-15-16)35(32,33)30-18-6-2-1-3-7-18/h1-15,30H,(H2,28,29,31). The number of anilines is 3. The van der Waals surface area contributed by atoms with E-state index < -0.39 is 27.8 Å². The Morgan fingerprint density at radius 1 is 0.829 bits per heavy atom. The van der Waals surface area contributed by atoms with Gasteiger partial charge in [-0.2, -0.15) is 24.5 Å². The number of urea groups is 1. The van der Waals surface area contributed by atoms with Gasteiger partial charge >= 0.3 is 12.2 Å². The molecule has 0 aliphatic rings. The van der Waals surface area contributed by atoms with E-state index in [0.717, 1.165) is 17.7 Å². The third-order valence-electron chi connectivity index (χ3n) is 4.86. The lowest BCUT2D eigenvalue weighted by Gasteiger charge is -2.15. The molecule has 4 rings (SSSR count). The van der Waals surface area contributed by atoms with Crippen LogP contribution in [0.3, 0.4) is 0 Å². The number of benzene rings is 3. The number of carbonyl (C=O) groups excluding carboxylic acids is 1. The fraction of sp³-hybridized carbons (Fsp3) is 0.0417. The number of para-hydroxylation sites is 1. The highest BCUT2D eigenvalue weighted by Gasteiger charge is 2.30. The van der Waals surface area contributed by atoms with E-state index in [4.69, 9.17) is 0 Å². The smallest absolute Gasteiger partial charge is 0.308 e. The molecular formula is C24H18F3N3O3S2. The van der Waals surface area contributed by atoms with Gasteiger partial charge in [-0.15, -0.1) is 0 Å². The normalized spacial score (nSPS) is 11.6. The van der Waals surface area contributed by atoms with Crippen LogP contribution in [0.1, 0.15) is 5.56 Å². The van der Waals surface area contributed by atoms with Crippen molar-refractivity contribution in [3.63, 3.8) is 0 Å². The maximum absolute atomic E-state index is 13.0. The Labute approximate surface area is 203 Å². The second-order valence-corrected chi connectivity index (χ2v) is 9.81. The van der Waals surface area contributed by atoms with Gasteiger partial charge in [-0.05, 0) is 64.9 Å². The quantitative estimate of drug-likeness (QED) is 0.261. The van der Waals surface area contributed by atoms with Gasteiger partial charge in [-0.3, -0.25) is 4.72 Å². The number of sulfonamides is 1. The molecule has 0 saturated heterocycles. The fourth-order valence-electron chi connectivity index (χ4n) is 3.24. The van der Waals surface area contributed by atoms with Crippen LogP contribution in [0, 0.1) is 0 Å².